The first-order valence-electron chi connectivity index (χ1n) is 7.26. The van der Waals surface area contributed by atoms with Crippen molar-refractivity contribution in [2.24, 2.45) is 0 Å². The second-order valence-electron chi connectivity index (χ2n) is 5.70. The molecule has 3 N–H and O–H groups in total. The Morgan fingerprint density at radius 1 is 1.13 bits per heavy atom. The lowest BCUT2D eigenvalue weighted by molar-refractivity contribution is -0.136. The lowest BCUT2D eigenvalue weighted by Gasteiger charge is -2.16. The molecule has 2 amide bonds. The second-order valence-corrected chi connectivity index (χ2v) is 5.70. The van der Waals surface area contributed by atoms with Crippen LogP contribution < -0.4 is 10.6 Å². The van der Waals surface area contributed by atoms with Crippen LogP contribution in [0.3, 0.4) is 0 Å². The van der Waals surface area contributed by atoms with E-state index in [1.165, 1.54) is 13.8 Å². The number of hydrogen-bond donors (Lipinski definition) is 3. The number of aliphatic hydroxyl groups is 1. The number of carbonyl (C=O) groups excluding carboxylic acids is 2. The summed E-state index contributed by atoms with van der Waals surface area (Å²) in [6.07, 6.45) is 1.55. The Morgan fingerprint density at radius 3 is 2.57 bits per heavy atom. The van der Waals surface area contributed by atoms with Crippen LogP contribution in [-0.2, 0) is 17.9 Å². The van der Waals surface area contributed by atoms with Crippen LogP contribution in [0.25, 0.3) is 0 Å². The van der Waals surface area contributed by atoms with Crippen molar-refractivity contribution < 1.29 is 19.1 Å². The lowest BCUT2D eigenvalue weighted by atomic mass is 10.1. The predicted octanol–water partition coefficient (Wildman–Crippen LogP) is 1.60. The Kier molecular flexibility index (Phi) is 5.18. The van der Waals surface area contributed by atoms with Gasteiger partial charge in [-0.3, -0.25) is 9.59 Å². The van der Waals surface area contributed by atoms with Crippen molar-refractivity contribution >= 4 is 11.8 Å². The molecule has 0 fully saturated rings. The first-order chi connectivity index (χ1) is 10.9. The fourth-order valence-electron chi connectivity index (χ4n) is 1.90. The summed E-state index contributed by atoms with van der Waals surface area (Å²) >= 11 is 0. The molecule has 0 radical (unpaired) electrons. The van der Waals surface area contributed by atoms with Crippen molar-refractivity contribution in [2.75, 3.05) is 0 Å². The van der Waals surface area contributed by atoms with Crippen LogP contribution in [0.15, 0.2) is 47.1 Å². The SMILES string of the molecule is CC(C)(O)C(=O)NCc1cccc(C(=O)NCc2ccco2)c1. The highest BCUT2D eigenvalue weighted by atomic mass is 16.3. The predicted molar refractivity (Wildman–Crippen MR) is 84.5 cm³/mol. The maximum atomic E-state index is 12.1. The van der Waals surface area contributed by atoms with Crippen LogP contribution in [0, 0.1) is 0 Å². The molecule has 23 heavy (non-hydrogen) atoms. The molecule has 0 unspecified atom stereocenters. The van der Waals surface area contributed by atoms with Crippen molar-refractivity contribution in [3.8, 4) is 0 Å². The number of rotatable bonds is 6. The fraction of sp³-hybridized carbons (Fsp3) is 0.294. The van der Waals surface area contributed by atoms with E-state index in [1.807, 2.05) is 0 Å². The summed E-state index contributed by atoms with van der Waals surface area (Å²) in [7, 11) is 0. The molecule has 6 heteroatoms. The van der Waals surface area contributed by atoms with Gasteiger partial charge in [-0.05, 0) is 43.7 Å². The van der Waals surface area contributed by atoms with Gasteiger partial charge in [-0.15, -0.1) is 0 Å². The smallest absolute Gasteiger partial charge is 0.251 e. The molecule has 2 aromatic rings. The van der Waals surface area contributed by atoms with Crippen molar-refractivity contribution in [2.45, 2.75) is 32.5 Å². The standard InChI is InChI=1S/C17H20N2O4/c1-17(2,22)16(21)19-10-12-5-3-6-13(9-12)15(20)18-11-14-7-4-8-23-14/h3-9,22H,10-11H2,1-2H3,(H,18,20)(H,19,21). The molecule has 6 nitrogen and oxygen atoms in total. The molecule has 0 aliphatic heterocycles. The van der Waals surface area contributed by atoms with E-state index in [9.17, 15) is 14.7 Å². The van der Waals surface area contributed by atoms with Gasteiger partial charge in [0.15, 0.2) is 0 Å². The molecule has 0 atom stereocenters. The van der Waals surface area contributed by atoms with Crippen molar-refractivity contribution in [3.63, 3.8) is 0 Å². The van der Waals surface area contributed by atoms with Crippen molar-refractivity contribution in [1.82, 2.24) is 10.6 Å². The molecule has 0 aliphatic carbocycles. The summed E-state index contributed by atoms with van der Waals surface area (Å²) in [6.45, 7) is 3.38. The Labute approximate surface area is 134 Å². The van der Waals surface area contributed by atoms with Gasteiger partial charge in [0.25, 0.3) is 11.8 Å². The molecular formula is C17H20N2O4. The van der Waals surface area contributed by atoms with Gasteiger partial charge in [0.2, 0.25) is 0 Å². The molecule has 122 valence electrons. The molecule has 2 rings (SSSR count). The maximum Gasteiger partial charge on any atom is 0.251 e. The van der Waals surface area contributed by atoms with Gasteiger partial charge >= 0.3 is 0 Å². The lowest BCUT2D eigenvalue weighted by Crippen LogP contribution is -2.41. The molecule has 0 aliphatic rings. The maximum absolute atomic E-state index is 12.1. The zero-order chi connectivity index (χ0) is 16.9. The van der Waals surface area contributed by atoms with Gasteiger partial charge in [0, 0.05) is 12.1 Å². The zero-order valence-corrected chi connectivity index (χ0v) is 13.1. The summed E-state index contributed by atoms with van der Waals surface area (Å²) in [6, 6.07) is 10.5. The van der Waals surface area contributed by atoms with E-state index < -0.39 is 11.5 Å². The minimum absolute atomic E-state index is 0.225. The highest BCUT2D eigenvalue weighted by Gasteiger charge is 2.23. The van der Waals surface area contributed by atoms with Gasteiger partial charge in [-0.1, -0.05) is 12.1 Å². The summed E-state index contributed by atoms with van der Waals surface area (Å²) in [5.74, 6) is -0.0193. The number of nitrogens with one attached hydrogen (secondary N) is 2. The Morgan fingerprint density at radius 2 is 1.91 bits per heavy atom. The minimum atomic E-state index is -1.43. The average Bonchev–Trinajstić information content (AvgIpc) is 3.03. The number of furan rings is 1. The normalized spacial score (nSPS) is 11.1. The number of hydrogen-bond acceptors (Lipinski definition) is 4. The van der Waals surface area contributed by atoms with E-state index in [0.717, 1.165) is 5.56 Å². The fourth-order valence-corrected chi connectivity index (χ4v) is 1.90. The molecule has 1 heterocycles. The summed E-state index contributed by atoms with van der Waals surface area (Å²) < 4.78 is 5.15. The number of amides is 2. The molecule has 0 saturated heterocycles. The monoisotopic (exact) mass is 316 g/mol. The van der Waals surface area contributed by atoms with E-state index in [-0.39, 0.29) is 12.5 Å². The first-order valence-corrected chi connectivity index (χ1v) is 7.26. The van der Waals surface area contributed by atoms with Crippen LogP contribution in [0.1, 0.15) is 35.5 Å². The van der Waals surface area contributed by atoms with E-state index in [0.29, 0.717) is 17.9 Å². The van der Waals surface area contributed by atoms with Gasteiger partial charge < -0.3 is 20.2 Å². The van der Waals surface area contributed by atoms with Crippen LogP contribution in [0.5, 0.6) is 0 Å². The minimum Gasteiger partial charge on any atom is -0.467 e. The summed E-state index contributed by atoms with van der Waals surface area (Å²) in [4.78, 5) is 23.7. The topological polar surface area (TPSA) is 91.6 Å². The van der Waals surface area contributed by atoms with Gasteiger partial charge in [-0.25, -0.2) is 0 Å². The Balaban J connectivity index is 1.93. The zero-order valence-electron chi connectivity index (χ0n) is 13.1. The third kappa shape index (κ3) is 4.96. The summed E-state index contributed by atoms with van der Waals surface area (Å²) in [5.41, 5.74) is -0.169. The van der Waals surface area contributed by atoms with Gasteiger partial charge in [-0.2, -0.15) is 0 Å². The van der Waals surface area contributed by atoms with E-state index in [1.54, 1.807) is 42.7 Å². The number of benzene rings is 1. The van der Waals surface area contributed by atoms with E-state index in [2.05, 4.69) is 10.6 Å². The van der Waals surface area contributed by atoms with Crippen LogP contribution in [-0.4, -0.2) is 22.5 Å². The molecular weight excluding hydrogens is 296 g/mol. The highest BCUT2D eigenvalue weighted by Crippen LogP contribution is 2.08. The van der Waals surface area contributed by atoms with Crippen molar-refractivity contribution in [3.05, 3.63) is 59.5 Å². The molecule has 0 bridgehead atoms. The first kappa shape index (κ1) is 16.8. The van der Waals surface area contributed by atoms with E-state index >= 15 is 0 Å². The third-order valence-corrected chi connectivity index (χ3v) is 3.20. The molecule has 1 aromatic heterocycles. The second kappa shape index (κ2) is 7.11. The molecule has 1 aromatic carbocycles. The number of carbonyl (C=O) groups is 2. The quantitative estimate of drug-likeness (QED) is 0.755. The highest BCUT2D eigenvalue weighted by molar-refractivity contribution is 5.94. The summed E-state index contributed by atoms with van der Waals surface area (Å²) in [5, 5.41) is 15.0. The largest absolute Gasteiger partial charge is 0.467 e. The molecule has 0 spiro atoms. The van der Waals surface area contributed by atoms with Crippen LogP contribution in [0.4, 0.5) is 0 Å². The Bertz CT molecular complexity index is 672. The van der Waals surface area contributed by atoms with Crippen LogP contribution in [0.2, 0.25) is 0 Å². The van der Waals surface area contributed by atoms with Gasteiger partial charge in [0.05, 0.1) is 12.8 Å². The molecule has 0 saturated carbocycles. The van der Waals surface area contributed by atoms with Crippen LogP contribution >= 0.6 is 0 Å². The van der Waals surface area contributed by atoms with Gasteiger partial charge in [0.1, 0.15) is 11.4 Å². The van der Waals surface area contributed by atoms with E-state index in [4.69, 9.17) is 4.42 Å². The average molecular weight is 316 g/mol. The Hall–Kier alpha value is -2.60. The third-order valence-electron chi connectivity index (χ3n) is 3.20. The van der Waals surface area contributed by atoms with Crippen molar-refractivity contribution in [1.29, 1.82) is 0 Å².